The van der Waals surface area contributed by atoms with Crippen LogP contribution in [-0.2, 0) is 0 Å². The zero-order valence-corrected chi connectivity index (χ0v) is 7.75. The molecule has 0 saturated carbocycles. The molecule has 0 saturated heterocycles. The van der Waals surface area contributed by atoms with E-state index in [1.54, 1.807) is 12.1 Å². The molecule has 0 spiro atoms. The van der Waals surface area contributed by atoms with Crippen molar-refractivity contribution in [1.29, 1.82) is 0 Å². The molecule has 0 atom stereocenters. The molecule has 0 N–H and O–H groups in total. The first-order valence-corrected chi connectivity index (χ1v) is 4.00. The third kappa shape index (κ3) is 2.12. The minimum atomic E-state index is -0.316. The van der Waals surface area contributed by atoms with E-state index in [0.29, 0.717) is 15.6 Å². The highest BCUT2D eigenvalue weighted by Gasteiger charge is 2.02. The molecule has 0 radical (unpaired) electrons. The lowest BCUT2D eigenvalue weighted by Gasteiger charge is -1.96. The Hall–Kier alpha value is -0.180. The smallest absolute Gasteiger partial charge is 0.216 e. The lowest BCUT2D eigenvalue weighted by Crippen LogP contribution is -1.87. The van der Waals surface area contributed by atoms with Crippen LogP contribution in [-0.4, -0.2) is 5.12 Å². The molecular weight excluding hydrogens is 203 g/mol. The van der Waals surface area contributed by atoms with Crippen LogP contribution in [0.4, 0.5) is 0 Å². The van der Waals surface area contributed by atoms with Gasteiger partial charge >= 0.3 is 0 Å². The maximum absolute atomic E-state index is 10.7. The number of carbonyl (C=O) groups is 1. The van der Waals surface area contributed by atoms with Crippen molar-refractivity contribution in [2.24, 2.45) is 0 Å². The first-order valence-electron chi connectivity index (χ1n) is 2.79. The van der Waals surface area contributed by atoms with Crippen molar-refractivity contribution < 1.29 is 4.79 Å². The van der Waals surface area contributed by atoms with E-state index in [2.05, 4.69) is 12.6 Å². The quantitative estimate of drug-likeness (QED) is 0.700. The summed E-state index contributed by atoms with van der Waals surface area (Å²) in [6, 6.07) is 4.62. The van der Waals surface area contributed by atoms with Crippen LogP contribution in [0, 0.1) is 0 Å². The van der Waals surface area contributed by atoms with E-state index in [1.165, 1.54) is 6.07 Å². The summed E-state index contributed by atoms with van der Waals surface area (Å²) >= 11 is 14.9. The Kier molecular flexibility index (Phi) is 2.82. The Bertz CT molecular complexity index is 298. The summed E-state index contributed by atoms with van der Waals surface area (Å²) in [6.07, 6.45) is 0. The van der Waals surface area contributed by atoms with Crippen LogP contribution < -0.4 is 0 Å². The first kappa shape index (κ1) is 8.91. The number of hydrogen-bond donors (Lipinski definition) is 1. The molecule has 0 aliphatic rings. The SMILES string of the molecule is O=C(S)c1ccc(Cl)c(Cl)c1. The second-order valence-corrected chi connectivity index (χ2v) is 3.15. The fourth-order valence-corrected chi connectivity index (χ4v) is 1.07. The molecule has 0 aliphatic carbocycles. The van der Waals surface area contributed by atoms with Gasteiger partial charge in [0.25, 0.3) is 0 Å². The fraction of sp³-hybridized carbons (Fsp3) is 0. The van der Waals surface area contributed by atoms with E-state index in [0.717, 1.165) is 0 Å². The molecule has 0 amide bonds. The number of halogens is 2. The van der Waals surface area contributed by atoms with E-state index in [9.17, 15) is 4.79 Å². The van der Waals surface area contributed by atoms with Crippen molar-refractivity contribution in [3.05, 3.63) is 33.8 Å². The highest BCUT2D eigenvalue weighted by Crippen LogP contribution is 2.22. The summed E-state index contributed by atoms with van der Waals surface area (Å²) in [5, 5.41) is 0.486. The fourth-order valence-electron chi connectivity index (χ4n) is 0.629. The number of thiol groups is 1. The van der Waals surface area contributed by atoms with Crippen LogP contribution in [0.2, 0.25) is 10.0 Å². The average molecular weight is 207 g/mol. The van der Waals surface area contributed by atoms with Gasteiger partial charge in [-0.05, 0) is 18.2 Å². The summed E-state index contributed by atoms with van der Waals surface area (Å²) in [5.74, 6) is 0. The lowest BCUT2D eigenvalue weighted by atomic mass is 10.2. The van der Waals surface area contributed by atoms with Gasteiger partial charge in [0, 0.05) is 5.56 Å². The Morgan fingerprint density at radius 3 is 2.36 bits per heavy atom. The second kappa shape index (κ2) is 3.48. The third-order valence-electron chi connectivity index (χ3n) is 1.17. The largest absolute Gasteiger partial charge is 0.282 e. The molecule has 0 unspecified atom stereocenters. The summed E-state index contributed by atoms with van der Waals surface area (Å²) in [7, 11) is 0. The van der Waals surface area contributed by atoms with E-state index in [-0.39, 0.29) is 5.12 Å². The maximum atomic E-state index is 10.7. The van der Waals surface area contributed by atoms with Crippen LogP contribution in [0.1, 0.15) is 10.4 Å². The predicted octanol–water partition coefficient (Wildman–Crippen LogP) is 3.06. The number of hydrogen-bond acceptors (Lipinski definition) is 1. The molecule has 1 nitrogen and oxygen atoms in total. The monoisotopic (exact) mass is 206 g/mol. The van der Waals surface area contributed by atoms with Gasteiger partial charge in [-0.15, -0.1) is 12.6 Å². The van der Waals surface area contributed by atoms with Gasteiger partial charge in [0.2, 0.25) is 5.12 Å². The van der Waals surface area contributed by atoms with E-state index in [4.69, 9.17) is 23.2 Å². The highest BCUT2D eigenvalue weighted by atomic mass is 35.5. The molecule has 0 fully saturated rings. The molecule has 58 valence electrons. The number of benzene rings is 1. The van der Waals surface area contributed by atoms with Crippen molar-refractivity contribution >= 4 is 40.9 Å². The van der Waals surface area contributed by atoms with Crippen molar-refractivity contribution in [3.8, 4) is 0 Å². The molecule has 0 aliphatic heterocycles. The molecule has 1 aromatic carbocycles. The van der Waals surface area contributed by atoms with Crippen molar-refractivity contribution in [1.82, 2.24) is 0 Å². The van der Waals surface area contributed by atoms with E-state index >= 15 is 0 Å². The molecule has 1 rings (SSSR count). The Morgan fingerprint density at radius 1 is 1.27 bits per heavy atom. The molecule has 1 aromatic rings. The van der Waals surface area contributed by atoms with Crippen LogP contribution in [0.25, 0.3) is 0 Å². The van der Waals surface area contributed by atoms with Crippen LogP contribution in [0.15, 0.2) is 18.2 Å². The third-order valence-corrected chi connectivity index (χ3v) is 2.16. The molecule has 0 bridgehead atoms. The minimum Gasteiger partial charge on any atom is -0.282 e. The minimum absolute atomic E-state index is 0.316. The Balaban J connectivity index is 3.15. The van der Waals surface area contributed by atoms with E-state index in [1.807, 2.05) is 0 Å². The van der Waals surface area contributed by atoms with Gasteiger partial charge in [-0.3, -0.25) is 4.79 Å². The lowest BCUT2D eigenvalue weighted by molar-refractivity contribution is 0.109. The molecule has 0 heterocycles. The van der Waals surface area contributed by atoms with Crippen LogP contribution in [0.5, 0.6) is 0 Å². The van der Waals surface area contributed by atoms with Gasteiger partial charge < -0.3 is 0 Å². The highest BCUT2D eigenvalue weighted by molar-refractivity contribution is 7.97. The van der Waals surface area contributed by atoms with E-state index < -0.39 is 0 Å². The van der Waals surface area contributed by atoms with Crippen molar-refractivity contribution in [3.63, 3.8) is 0 Å². The maximum Gasteiger partial charge on any atom is 0.216 e. The average Bonchev–Trinajstić information content (AvgIpc) is 1.94. The van der Waals surface area contributed by atoms with Gasteiger partial charge in [0.15, 0.2) is 0 Å². The van der Waals surface area contributed by atoms with Crippen LogP contribution in [0.3, 0.4) is 0 Å². The van der Waals surface area contributed by atoms with Crippen molar-refractivity contribution in [2.45, 2.75) is 0 Å². The second-order valence-electron chi connectivity index (χ2n) is 1.93. The normalized spacial score (nSPS) is 9.73. The standard InChI is InChI=1S/C7H4Cl2OS/c8-5-2-1-4(7(10)11)3-6(5)9/h1-3H,(H,10,11). The topological polar surface area (TPSA) is 17.1 Å². The molecule has 11 heavy (non-hydrogen) atoms. The first-order chi connectivity index (χ1) is 5.11. The number of rotatable bonds is 1. The van der Waals surface area contributed by atoms with Crippen LogP contribution >= 0.6 is 35.8 Å². The molecule has 0 aromatic heterocycles. The van der Waals surface area contributed by atoms with Gasteiger partial charge in [0.1, 0.15) is 0 Å². The molecule has 4 heteroatoms. The molecular formula is C7H4Cl2OS. The summed E-state index contributed by atoms with van der Waals surface area (Å²) in [5.41, 5.74) is 0.447. The summed E-state index contributed by atoms with van der Waals surface area (Å²) in [6.45, 7) is 0. The predicted molar refractivity (Wildman–Crippen MR) is 49.8 cm³/mol. The zero-order chi connectivity index (χ0) is 8.43. The number of carbonyl (C=O) groups excluding carboxylic acids is 1. The zero-order valence-electron chi connectivity index (χ0n) is 5.34. The summed E-state index contributed by atoms with van der Waals surface area (Å²) < 4.78 is 0. The van der Waals surface area contributed by atoms with Gasteiger partial charge in [-0.25, -0.2) is 0 Å². The van der Waals surface area contributed by atoms with Crippen molar-refractivity contribution in [2.75, 3.05) is 0 Å². The Labute approximate surface area is 79.7 Å². The van der Waals surface area contributed by atoms with Gasteiger partial charge in [-0.1, -0.05) is 23.2 Å². The Morgan fingerprint density at radius 2 is 1.91 bits per heavy atom. The van der Waals surface area contributed by atoms with Gasteiger partial charge in [0.05, 0.1) is 10.0 Å². The summed E-state index contributed by atoms with van der Waals surface area (Å²) in [4.78, 5) is 10.7. The van der Waals surface area contributed by atoms with Gasteiger partial charge in [-0.2, -0.15) is 0 Å².